The molecule has 1 atom stereocenters. The van der Waals surface area contributed by atoms with Crippen LogP contribution in [-0.2, 0) is 14.4 Å². The maximum atomic E-state index is 14.7. The molecule has 2 aromatic carbocycles. The van der Waals surface area contributed by atoms with Crippen molar-refractivity contribution < 1.29 is 27.9 Å². The van der Waals surface area contributed by atoms with Gasteiger partial charge in [-0.1, -0.05) is 42.1 Å². The third-order valence-electron chi connectivity index (χ3n) is 5.27. The molecule has 0 unspecified atom stereocenters. The van der Waals surface area contributed by atoms with Gasteiger partial charge in [-0.3, -0.25) is 4.84 Å². The number of ether oxygens (including phenoxy) is 1. The van der Waals surface area contributed by atoms with Gasteiger partial charge in [-0.2, -0.15) is 10.1 Å². The molecule has 194 valence electrons. The number of hydrogen-bond acceptors (Lipinski definition) is 6. The van der Waals surface area contributed by atoms with Crippen LogP contribution in [0.25, 0.3) is 0 Å². The van der Waals surface area contributed by atoms with Crippen molar-refractivity contribution in [3.05, 3.63) is 71.3 Å². The Morgan fingerprint density at radius 3 is 2.50 bits per heavy atom. The van der Waals surface area contributed by atoms with Gasteiger partial charge in [0.25, 0.3) is 0 Å². The van der Waals surface area contributed by atoms with Crippen molar-refractivity contribution in [3.8, 4) is 0 Å². The molecule has 0 saturated carbocycles. The second-order valence-electron chi connectivity index (χ2n) is 9.09. The van der Waals surface area contributed by atoms with E-state index in [-0.39, 0.29) is 17.2 Å². The number of hydrogen-bond donors (Lipinski definition) is 1. The first kappa shape index (κ1) is 27.4. The van der Waals surface area contributed by atoms with E-state index in [4.69, 9.17) is 9.57 Å². The highest BCUT2D eigenvalue weighted by Gasteiger charge is 2.49. The van der Waals surface area contributed by atoms with Gasteiger partial charge in [0, 0.05) is 19.2 Å². The molecule has 36 heavy (non-hydrogen) atoms. The lowest BCUT2D eigenvalue weighted by molar-refractivity contribution is -0.0805. The Morgan fingerprint density at radius 1 is 1.17 bits per heavy atom. The Bertz CT molecular complexity index is 1130. The summed E-state index contributed by atoms with van der Waals surface area (Å²) >= 11 is 1.14. The second-order valence-corrected chi connectivity index (χ2v) is 10.4. The standard InChI is InChI=1S/C25H30F2N4O4S/c1-24(2,3)35-22(32)28-15-9-14-25(17-10-7-6-8-11-17)31(23(33)30(4)34-5)29-21(36-25)19-16-18(26)12-13-20(19)27/h6-8,10-13,16H,9,14-15H2,1-5H3,(H,28,32)/t25-/m0/s1. The summed E-state index contributed by atoms with van der Waals surface area (Å²) in [4.78, 5) is 29.4. The summed E-state index contributed by atoms with van der Waals surface area (Å²) in [6, 6.07) is 11.6. The molecule has 1 N–H and O–H groups in total. The van der Waals surface area contributed by atoms with E-state index in [0.29, 0.717) is 12.8 Å². The first-order valence-corrected chi connectivity index (χ1v) is 12.2. The summed E-state index contributed by atoms with van der Waals surface area (Å²) in [5.41, 5.74) is 0.0331. The average molecular weight is 521 g/mol. The van der Waals surface area contributed by atoms with Crippen molar-refractivity contribution in [2.24, 2.45) is 5.10 Å². The summed E-state index contributed by atoms with van der Waals surface area (Å²) in [5.74, 6) is -1.29. The summed E-state index contributed by atoms with van der Waals surface area (Å²) in [5, 5.41) is 9.54. The zero-order valence-corrected chi connectivity index (χ0v) is 21.7. The van der Waals surface area contributed by atoms with E-state index in [1.165, 1.54) is 19.2 Å². The molecule has 8 nitrogen and oxygen atoms in total. The van der Waals surface area contributed by atoms with Crippen LogP contribution in [-0.4, -0.2) is 53.5 Å². The monoisotopic (exact) mass is 520 g/mol. The van der Waals surface area contributed by atoms with Gasteiger partial charge in [-0.25, -0.2) is 23.4 Å². The molecule has 3 rings (SSSR count). The molecular formula is C25H30F2N4O4S. The molecule has 0 aliphatic carbocycles. The lowest BCUT2D eigenvalue weighted by atomic mass is 10.0. The van der Waals surface area contributed by atoms with Gasteiger partial charge in [0.1, 0.15) is 27.2 Å². The fraction of sp³-hybridized carbons (Fsp3) is 0.400. The number of urea groups is 1. The number of thioether (sulfide) groups is 1. The lowest BCUT2D eigenvalue weighted by Crippen LogP contribution is -2.47. The van der Waals surface area contributed by atoms with E-state index in [2.05, 4.69) is 10.4 Å². The van der Waals surface area contributed by atoms with Crippen LogP contribution in [0.4, 0.5) is 18.4 Å². The highest BCUT2D eigenvalue weighted by molar-refractivity contribution is 8.15. The minimum atomic E-state index is -1.12. The van der Waals surface area contributed by atoms with Crippen LogP contribution in [0.2, 0.25) is 0 Å². The Hall–Kier alpha value is -3.18. The van der Waals surface area contributed by atoms with Gasteiger partial charge in [0.2, 0.25) is 0 Å². The smallest absolute Gasteiger partial charge is 0.407 e. The van der Waals surface area contributed by atoms with Gasteiger partial charge in [0.05, 0.1) is 7.11 Å². The fourth-order valence-corrected chi connectivity index (χ4v) is 5.00. The first-order chi connectivity index (χ1) is 17.0. The van der Waals surface area contributed by atoms with Crippen molar-refractivity contribution in [2.45, 2.75) is 44.1 Å². The molecule has 2 aromatic rings. The minimum absolute atomic E-state index is 0.0532. The number of rotatable bonds is 7. The molecule has 0 radical (unpaired) electrons. The Kier molecular flexibility index (Phi) is 8.57. The van der Waals surface area contributed by atoms with Crippen LogP contribution in [0.1, 0.15) is 44.7 Å². The molecule has 1 aliphatic heterocycles. The number of halogens is 2. The predicted molar refractivity (Wildman–Crippen MR) is 134 cm³/mol. The maximum Gasteiger partial charge on any atom is 0.407 e. The van der Waals surface area contributed by atoms with Crippen molar-refractivity contribution in [2.75, 3.05) is 20.7 Å². The Morgan fingerprint density at radius 2 is 1.86 bits per heavy atom. The number of amides is 3. The average Bonchev–Trinajstić information content (AvgIpc) is 3.22. The van der Waals surface area contributed by atoms with Gasteiger partial charge in [-0.05, 0) is 57.4 Å². The van der Waals surface area contributed by atoms with Gasteiger partial charge in [0.15, 0.2) is 0 Å². The van der Waals surface area contributed by atoms with E-state index in [1.54, 1.807) is 20.8 Å². The number of benzene rings is 2. The number of carbonyl (C=O) groups is 2. The van der Waals surface area contributed by atoms with E-state index in [0.717, 1.165) is 40.6 Å². The molecule has 3 amide bonds. The van der Waals surface area contributed by atoms with Crippen molar-refractivity contribution in [1.29, 1.82) is 0 Å². The normalized spacial score (nSPS) is 17.5. The zero-order chi connectivity index (χ0) is 26.5. The Balaban J connectivity index is 1.96. The maximum absolute atomic E-state index is 14.7. The summed E-state index contributed by atoms with van der Waals surface area (Å²) in [6.45, 7) is 5.57. The number of hydroxylamine groups is 2. The molecular weight excluding hydrogens is 490 g/mol. The topological polar surface area (TPSA) is 83.5 Å². The van der Waals surface area contributed by atoms with Gasteiger partial charge < -0.3 is 10.1 Å². The predicted octanol–water partition coefficient (Wildman–Crippen LogP) is 5.45. The lowest BCUT2D eigenvalue weighted by Gasteiger charge is -2.37. The number of nitrogens with one attached hydrogen (secondary N) is 1. The van der Waals surface area contributed by atoms with Crippen LogP contribution in [0, 0.1) is 11.6 Å². The van der Waals surface area contributed by atoms with Crippen molar-refractivity contribution in [3.63, 3.8) is 0 Å². The fourth-order valence-electron chi connectivity index (χ4n) is 3.59. The van der Waals surface area contributed by atoms with E-state index < -0.39 is 34.2 Å². The summed E-state index contributed by atoms with van der Waals surface area (Å²) < 4.78 is 34.0. The van der Waals surface area contributed by atoms with Crippen LogP contribution in [0.3, 0.4) is 0 Å². The first-order valence-electron chi connectivity index (χ1n) is 11.3. The number of hydrazone groups is 1. The molecule has 1 aliphatic rings. The van der Waals surface area contributed by atoms with Crippen molar-refractivity contribution in [1.82, 2.24) is 15.4 Å². The van der Waals surface area contributed by atoms with Crippen molar-refractivity contribution >= 4 is 28.9 Å². The number of carbonyl (C=O) groups excluding carboxylic acids is 2. The number of nitrogens with zero attached hydrogens (tertiary/aromatic N) is 3. The van der Waals surface area contributed by atoms with Gasteiger partial charge in [-0.15, -0.1) is 0 Å². The molecule has 11 heteroatoms. The van der Waals surface area contributed by atoms with Crippen LogP contribution >= 0.6 is 11.8 Å². The zero-order valence-electron chi connectivity index (χ0n) is 20.9. The highest BCUT2D eigenvalue weighted by atomic mass is 32.2. The highest BCUT2D eigenvalue weighted by Crippen LogP contribution is 2.50. The van der Waals surface area contributed by atoms with Crippen LogP contribution < -0.4 is 5.32 Å². The van der Waals surface area contributed by atoms with Gasteiger partial charge >= 0.3 is 12.1 Å². The Labute approximate surface area is 213 Å². The third-order valence-corrected chi connectivity index (χ3v) is 6.71. The van der Waals surface area contributed by atoms with E-state index in [9.17, 15) is 18.4 Å². The minimum Gasteiger partial charge on any atom is -0.444 e. The summed E-state index contributed by atoms with van der Waals surface area (Å²) in [6.07, 6.45) is 0.196. The quantitative estimate of drug-likeness (QED) is 0.388. The van der Waals surface area contributed by atoms with E-state index in [1.807, 2.05) is 30.3 Å². The molecule has 0 fully saturated rings. The third kappa shape index (κ3) is 6.33. The SMILES string of the molecule is CON(C)C(=O)N1N=C(c2cc(F)ccc2F)S[C@@]1(CCCNC(=O)OC(C)(C)C)c1ccccc1. The summed E-state index contributed by atoms with van der Waals surface area (Å²) in [7, 11) is 2.77. The van der Waals surface area contributed by atoms with E-state index >= 15 is 0 Å². The number of alkyl carbamates (subject to hydrolysis) is 1. The molecule has 1 heterocycles. The molecule has 0 bridgehead atoms. The largest absolute Gasteiger partial charge is 0.444 e. The molecule has 0 spiro atoms. The van der Waals surface area contributed by atoms with Crippen LogP contribution in [0.5, 0.6) is 0 Å². The molecule has 0 aromatic heterocycles. The molecule has 0 saturated heterocycles. The van der Waals surface area contributed by atoms with Crippen LogP contribution in [0.15, 0.2) is 53.6 Å². The second kappa shape index (κ2) is 11.3.